The van der Waals surface area contributed by atoms with E-state index < -0.39 is 0 Å². The van der Waals surface area contributed by atoms with Crippen LogP contribution in [-0.4, -0.2) is 16.5 Å². The van der Waals surface area contributed by atoms with Crippen molar-refractivity contribution in [2.75, 3.05) is 6.54 Å². The molecule has 94 valence electrons. The molecular formula is C14H23N3. The Labute approximate surface area is 104 Å². The molecule has 2 rings (SSSR count). The van der Waals surface area contributed by atoms with Crippen molar-refractivity contribution in [2.24, 2.45) is 0 Å². The van der Waals surface area contributed by atoms with Crippen molar-refractivity contribution < 1.29 is 0 Å². The first kappa shape index (κ1) is 12.5. The van der Waals surface area contributed by atoms with Gasteiger partial charge in [-0.25, -0.2) is 9.97 Å². The van der Waals surface area contributed by atoms with E-state index >= 15 is 0 Å². The molecule has 17 heavy (non-hydrogen) atoms. The number of nitrogens with zero attached hydrogens (tertiary/aromatic N) is 2. The molecule has 0 amide bonds. The van der Waals surface area contributed by atoms with E-state index in [0.717, 1.165) is 31.8 Å². The summed E-state index contributed by atoms with van der Waals surface area (Å²) in [6, 6.07) is 0. The van der Waals surface area contributed by atoms with Gasteiger partial charge in [0, 0.05) is 29.4 Å². The largest absolute Gasteiger partial charge is 0.313 e. The second-order valence-electron chi connectivity index (χ2n) is 5.26. The van der Waals surface area contributed by atoms with Gasteiger partial charge >= 0.3 is 0 Å². The first-order chi connectivity index (χ1) is 8.19. The van der Waals surface area contributed by atoms with Crippen LogP contribution < -0.4 is 5.32 Å². The number of hydrogen-bond donors (Lipinski definition) is 1. The summed E-state index contributed by atoms with van der Waals surface area (Å²) < 4.78 is 0. The van der Waals surface area contributed by atoms with Crippen LogP contribution in [0.4, 0.5) is 0 Å². The Kier molecular flexibility index (Phi) is 3.77. The topological polar surface area (TPSA) is 37.8 Å². The minimum Gasteiger partial charge on any atom is -0.313 e. The van der Waals surface area contributed by atoms with Crippen LogP contribution in [0.2, 0.25) is 0 Å². The third-order valence-corrected chi connectivity index (χ3v) is 3.55. The monoisotopic (exact) mass is 233 g/mol. The molecule has 1 aromatic rings. The summed E-state index contributed by atoms with van der Waals surface area (Å²) in [4.78, 5) is 9.36. The first-order valence-electron chi connectivity index (χ1n) is 6.75. The summed E-state index contributed by atoms with van der Waals surface area (Å²) in [7, 11) is 0. The lowest BCUT2D eigenvalue weighted by Crippen LogP contribution is -2.17. The average molecular weight is 233 g/mol. The van der Waals surface area contributed by atoms with Crippen LogP contribution in [-0.2, 0) is 18.4 Å². The molecule has 0 aromatic carbocycles. The van der Waals surface area contributed by atoms with Crippen LogP contribution in [0, 0.1) is 0 Å². The molecule has 1 aromatic heterocycles. The van der Waals surface area contributed by atoms with Gasteiger partial charge in [0.1, 0.15) is 5.82 Å². The summed E-state index contributed by atoms with van der Waals surface area (Å²) in [6.45, 7) is 8.48. The SMILES string of the molecule is CCCc1nc(C2(C)CC2)ncc1CNCC. The minimum absolute atomic E-state index is 0.277. The maximum atomic E-state index is 4.80. The zero-order valence-corrected chi connectivity index (χ0v) is 11.2. The highest BCUT2D eigenvalue weighted by atomic mass is 14.9. The van der Waals surface area contributed by atoms with Gasteiger partial charge in [-0.15, -0.1) is 0 Å². The second-order valence-corrected chi connectivity index (χ2v) is 5.26. The van der Waals surface area contributed by atoms with Crippen LogP contribution >= 0.6 is 0 Å². The van der Waals surface area contributed by atoms with E-state index in [0.29, 0.717) is 0 Å². The molecule has 1 heterocycles. The zero-order valence-electron chi connectivity index (χ0n) is 11.2. The smallest absolute Gasteiger partial charge is 0.134 e. The Morgan fingerprint density at radius 1 is 1.35 bits per heavy atom. The van der Waals surface area contributed by atoms with Crippen LogP contribution in [0.15, 0.2) is 6.20 Å². The standard InChI is InChI=1S/C14H23N3/c1-4-6-12-11(9-15-5-2)10-16-13(17-12)14(3)7-8-14/h10,15H,4-9H2,1-3H3. The number of aromatic nitrogens is 2. The summed E-state index contributed by atoms with van der Waals surface area (Å²) >= 11 is 0. The van der Waals surface area contributed by atoms with E-state index in [2.05, 4.69) is 31.1 Å². The number of aryl methyl sites for hydroxylation is 1. The molecule has 0 bridgehead atoms. The predicted octanol–water partition coefficient (Wildman–Crippen LogP) is 2.59. The van der Waals surface area contributed by atoms with Gasteiger partial charge < -0.3 is 5.32 Å². The Bertz CT molecular complexity index is 383. The molecule has 1 aliphatic rings. The normalized spacial score (nSPS) is 17.1. The van der Waals surface area contributed by atoms with Crippen molar-refractivity contribution in [3.8, 4) is 0 Å². The number of rotatable bonds is 6. The Morgan fingerprint density at radius 2 is 2.12 bits per heavy atom. The lowest BCUT2D eigenvalue weighted by molar-refractivity contribution is 0.664. The van der Waals surface area contributed by atoms with Crippen molar-refractivity contribution in [3.63, 3.8) is 0 Å². The van der Waals surface area contributed by atoms with Gasteiger partial charge in [-0.2, -0.15) is 0 Å². The van der Waals surface area contributed by atoms with Crippen molar-refractivity contribution in [1.82, 2.24) is 15.3 Å². The Balaban J connectivity index is 2.21. The summed E-state index contributed by atoms with van der Waals surface area (Å²) in [5.74, 6) is 1.06. The quantitative estimate of drug-likeness (QED) is 0.820. The molecule has 0 aliphatic heterocycles. The summed E-state index contributed by atoms with van der Waals surface area (Å²) in [5.41, 5.74) is 2.78. The predicted molar refractivity (Wildman–Crippen MR) is 70.0 cm³/mol. The van der Waals surface area contributed by atoms with E-state index in [-0.39, 0.29) is 5.41 Å². The molecule has 1 fully saturated rings. The van der Waals surface area contributed by atoms with Crippen LogP contribution in [0.5, 0.6) is 0 Å². The van der Waals surface area contributed by atoms with E-state index in [9.17, 15) is 0 Å². The van der Waals surface area contributed by atoms with E-state index in [4.69, 9.17) is 4.98 Å². The third kappa shape index (κ3) is 2.83. The molecule has 0 unspecified atom stereocenters. The van der Waals surface area contributed by atoms with Crippen LogP contribution in [0.3, 0.4) is 0 Å². The zero-order chi connectivity index (χ0) is 12.3. The maximum Gasteiger partial charge on any atom is 0.134 e. The van der Waals surface area contributed by atoms with Gasteiger partial charge in [-0.05, 0) is 25.8 Å². The Morgan fingerprint density at radius 3 is 2.71 bits per heavy atom. The first-order valence-corrected chi connectivity index (χ1v) is 6.75. The van der Waals surface area contributed by atoms with Crippen molar-refractivity contribution in [1.29, 1.82) is 0 Å². The van der Waals surface area contributed by atoms with Gasteiger partial charge in [-0.3, -0.25) is 0 Å². The molecule has 0 saturated heterocycles. The molecule has 3 heteroatoms. The van der Waals surface area contributed by atoms with Crippen molar-refractivity contribution in [2.45, 2.75) is 58.4 Å². The third-order valence-electron chi connectivity index (χ3n) is 3.55. The highest BCUT2D eigenvalue weighted by Gasteiger charge is 2.42. The minimum atomic E-state index is 0.277. The van der Waals surface area contributed by atoms with Crippen molar-refractivity contribution in [3.05, 3.63) is 23.3 Å². The van der Waals surface area contributed by atoms with Gasteiger partial charge in [0.15, 0.2) is 0 Å². The lowest BCUT2D eigenvalue weighted by atomic mass is 10.1. The van der Waals surface area contributed by atoms with Gasteiger partial charge in [0.05, 0.1) is 0 Å². The Hall–Kier alpha value is -0.960. The molecule has 3 nitrogen and oxygen atoms in total. The number of nitrogens with one attached hydrogen (secondary N) is 1. The molecule has 0 radical (unpaired) electrons. The fourth-order valence-electron chi connectivity index (χ4n) is 2.00. The van der Waals surface area contributed by atoms with E-state index in [1.54, 1.807) is 0 Å². The number of hydrogen-bond acceptors (Lipinski definition) is 3. The lowest BCUT2D eigenvalue weighted by Gasteiger charge is -2.12. The fourth-order valence-corrected chi connectivity index (χ4v) is 2.00. The molecule has 0 atom stereocenters. The molecule has 1 saturated carbocycles. The maximum absolute atomic E-state index is 4.80. The van der Waals surface area contributed by atoms with E-state index in [1.807, 2.05) is 6.20 Å². The van der Waals surface area contributed by atoms with Crippen LogP contribution in [0.1, 0.15) is 57.1 Å². The molecule has 1 aliphatic carbocycles. The van der Waals surface area contributed by atoms with Gasteiger partial charge in [0.25, 0.3) is 0 Å². The van der Waals surface area contributed by atoms with Gasteiger partial charge in [-0.1, -0.05) is 27.2 Å². The fraction of sp³-hybridized carbons (Fsp3) is 0.714. The molecular weight excluding hydrogens is 210 g/mol. The average Bonchev–Trinajstić information content (AvgIpc) is 3.07. The van der Waals surface area contributed by atoms with Crippen molar-refractivity contribution >= 4 is 0 Å². The molecule has 1 N–H and O–H groups in total. The van der Waals surface area contributed by atoms with E-state index in [1.165, 1.54) is 24.1 Å². The second kappa shape index (κ2) is 5.13. The summed E-state index contributed by atoms with van der Waals surface area (Å²) in [5, 5.41) is 3.36. The highest BCUT2D eigenvalue weighted by Crippen LogP contribution is 2.45. The van der Waals surface area contributed by atoms with Gasteiger partial charge in [0.2, 0.25) is 0 Å². The molecule has 0 spiro atoms. The highest BCUT2D eigenvalue weighted by molar-refractivity contribution is 5.23. The van der Waals surface area contributed by atoms with Crippen LogP contribution in [0.25, 0.3) is 0 Å². The summed E-state index contributed by atoms with van der Waals surface area (Å²) in [6.07, 6.45) is 6.72.